The zero-order chi connectivity index (χ0) is 8.98. The van der Waals surface area contributed by atoms with Crippen molar-refractivity contribution in [1.29, 1.82) is 0 Å². The first-order chi connectivity index (χ1) is 5.52. The molecule has 0 saturated heterocycles. The van der Waals surface area contributed by atoms with Gasteiger partial charge in [0.15, 0.2) is 0 Å². The van der Waals surface area contributed by atoms with E-state index in [0.29, 0.717) is 11.0 Å². The molecule has 0 aromatic carbocycles. The van der Waals surface area contributed by atoms with Gasteiger partial charge in [-0.05, 0) is 50.5 Å². The Morgan fingerprint density at radius 2 is 1.67 bits per heavy atom. The summed E-state index contributed by atoms with van der Waals surface area (Å²) in [5.41, 5.74) is 0.903. The van der Waals surface area contributed by atoms with Crippen LogP contribution in [0.1, 0.15) is 40.0 Å². The van der Waals surface area contributed by atoms with E-state index in [9.17, 15) is 0 Å². The lowest BCUT2D eigenvalue weighted by Gasteiger charge is -2.47. The Morgan fingerprint density at radius 1 is 1.08 bits per heavy atom. The molecule has 2 aliphatic rings. The van der Waals surface area contributed by atoms with Gasteiger partial charge in [-0.1, -0.05) is 13.8 Å². The van der Waals surface area contributed by atoms with Crippen molar-refractivity contribution in [3.63, 3.8) is 0 Å². The van der Waals surface area contributed by atoms with Gasteiger partial charge < -0.3 is 5.32 Å². The third-order valence-electron chi connectivity index (χ3n) is 5.13. The van der Waals surface area contributed by atoms with Gasteiger partial charge in [-0.15, -0.1) is 0 Å². The van der Waals surface area contributed by atoms with Crippen LogP contribution in [0.4, 0.5) is 0 Å². The highest BCUT2D eigenvalue weighted by Gasteiger charge is 2.59. The average Bonchev–Trinajstić information content (AvgIpc) is 2.55. The fourth-order valence-corrected chi connectivity index (χ4v) is 3.64. The SMILES string of the molecule is CN[C@@]1(C)C2CCC(C2)C1(C)C. The van der Waals surface area contributed by atoms with Gasteiger partial charge in [0, 0.05) is 5.54 Å². The summed E-state index contributed by atoms with van der Waals surface area (Å²) < 4.78 is 0. The Bertz CT molecular complexity index is 197. The van der Waals surface area contributed by atoms with E-state index in [1.54, 1.807) is 0 Å². The zero-order valence-corrected chi connectivity index (χ0v) is 8.78. The molecule has 2 aliphatic carbocycles. The van der Waals surface area contributed by atoms with Crippen molar-refractivity contribution in [2.75, 3.05) is 7.05 Å². The summed E-state index contributed by atoms with van der Waals surface area (Å²) in [6, 6.07) is 0. The topological polar surface area (TPSA) is 12.0 Å². The molecule has 0 spiro atoms. The highest BCUT2D eigenvalue weighted by Crippen LogP contribution is 2.60. The average molecular weight is 167 g/mol. The molecule has 2 rings (SSSR count). The van der Waals surface area contributed by atoms with Crippen LogP contribution >= 0.6 is 0 Å². The van der Waals surface area contributed by atoms with Crippen LogP contribution in [0, 0.1) is 17.3 Å². The van der Waals surface area contributed by atoms with E-state index in [0.717, 1.165) is 11.8 Å². The second-order valence-corrected chi connectivity index (χ2v) is 5.38. The summed E-state index contributed by atoms with van der Waals surface area (Å²) >= 11 is 0. The minimum Gasteiger partial charge on any atom is -0.314 e. The molecule has 2 unspecified atom stereocenters. The molecule has 12 heavy (non-hydrogen) atoms. The molecule has 2 fully saturated rings. The van der Waals surface area contributed by atoms with E-state index in [-0.39, 0.29) is 0 Å². The number of nitrogens with one attached hydrogen (secondary N) is 1. The van der Waals surface area contributed by atoms with Crippen LogP contribution in [0.2, 0.25) is 0 Å². The lowest BCUT2D eigenvalue weighted by Crippen LogP contribution is -2.55. The summed E-state index contributed by atoms with van der Waals surface area (Å²) in [4.78, 5) is 0. The zero-order valence-electron chi connectivity index (χ0n) is 8.78. The van der Waals surface area contributed by atoms with Crippen LogP contribution in [0.25, 0.3) is 0 Å². The lowest BCUT2D eigenvalue weighted by molar-refractivity contribution is 0.0732. The van der Waals surface area contributed by atoms with Crippen LogP contribution < -0.4 is 5.32 Å². The Morgan fingerprint density at radius 3 is 2.00 bits per heavy atom. The summed E-state index contributed by atoms with van der Waals surface area (Å²) in [5, 5.41) is 3.56. The van der Waals surface area contributed by atoms with Crippen LogP contribution in [0.5, 0.6) is 0 Å². The Hall–Kier alpha value is -0.0400. The standard InChI is InChI=1S/C11H21N/c1-10(2)8-5-6-9(7-8)11(10,3)12-4/h8-9,12H,5-7H2,1-4H3/t8?,9?,11-/m0/s1. The highest BCUT2D eigenvalue weighted by atomic mass is 15.0. The maximum absolute atomic E-state index is 3.56. The maximum atomic E-state index is 3.56. The predicted molar refractivity (Wildman–Crippen MR) is 52.1 cm³/mol. The summed E-state index contributed by atoms with van der Waals surface area (Å²) in [7, 11) is 2.13. The molecule has 1 N–H and O–H groups in total. The van der Waals surface area contributed by atoms with Gasteiger partial charge in [0.25, 0.3) is 0 Å². The summed E-state index contributed by atoms with van der Waals surface area (Å²) in [6.45, 7) is 7.29. The molecule has 0 amide bonds. The van der Waals surface area contributed by atoms with Gasteiger partial charge in [0.1, 0.15) is 0 Å². The van der Waals surface area contributed by atoms with Crippen molar-refractivity contribution < 1.29 is 0 Å². The summed E-state index contributed by atoms with van der Waals surface area (Å²) in [5.74, 6) is 1.91. The molecule has 0 radical (unpaired) electrons. The molecular weight excluding hydrogens is 146 g/mol. The molecule has 1 nitrogen and oxygen atoms in total. The van der Waals surface area contributed by atoms with Crippen LogP contribution in [-0.4, -0.2) is 12.6 Å². The first-order valence-corrected chi connectivity index (χ1v) is 5.21. The Kier molecular flexibility index (Phi) is 1.61. The van der Waals surface area contributed by atoms with Crippen LogP contribution in [0.3, 0.4) is 0 Å². The molecule has 70 valence electrons. The first-order valence-electron chi connectivity index (χ1n) is 5.21. The number of hydrogen-bond acceptors (Lipinski definition) is 1. The van der Waals surface area contributed by atoms with E-state index in [1.165, 1.54) is 19.3 Å². The van der Waals surface area contributed by atoms with Crippen molar-refractivity contribution in [1.82, 2.24) is 5.32 Å². The van der Waals surface area contributed by atoms with Gasteiger partial charge in [-0.25, -0.2) is 0 Å². The lowest BCUT2D eigenvalue weighted by atomic mass is 9.64. The maximum Gasteiger partial charge on any atom is 0.0232 e. The minimum absolute atomic E-state index is 0.399. The van der Waals surface area contributed by atoms with Crippen molar-refractivity contribution in [3.05, 3.63) is 0 Å². The largest absolute Gasteiger partial charge is 0.314 e. The predicted octanol–water partition coefficient (Wildman–Crippen LogP) is 2.42. The molecule has 1 heteroatoms. The third-order valence-corrected chi connectivity index (χ3v) is 5.13. The van der Waals surface area contributed by atoms with E-state index in [4.69, 9.17) is 0 Å². The van der Waals surface area contributed by atoms with Crippen molar-refractivity contribution >= 4 is 0 Å². The molecule has 0 aliphatic heterocycles. The Labute approximate surface area is 75.9 Å². The van der Waals surface area contributed by atoms with Crippen molar-refractivity contribution in [3.8, 4) is 0 Å². The van der Waals surface area contributed by atoms with Gasteiger partial charge in [0.2, 0.25) is 0 Å². The number of fused-ring (bicyclic) bond motifs is 2. The molecule has 2 saturated carbocycles. The summed E-state index contributed by atoms with van der Waals surface area (Å²) in [6.07, 6.45) is 4.38. The molecule has 2 bridgehead atoms. The van der Waals surface area contributed by atoms with E-state index in [1.807, 2.05) is 0 Å². The second-order valence-electron chi connectivity index (χ2n) is 5.38. The second kappa shape index (κ2) is 2.25. The van der Waals surface area contributed by atoms with Gasteiger partial charge >= 0.3 is 0 Å². The minimum atomic E-state index is 0.399. The Balaban J connectivity index is 2.34. The van der Waals surface area contributed by atoms with Gasteiger partial charge in [-0.2, -0.15) is 0 Å². The molecule has 0 heterocycles. The van der Waals surface area contributed by atoms with Crippen molar-refractivity contribution in [2.45, 2.75) is 45.6 Å². The number of rotatable bonds is 1. The fraction of sp³-hybridized carbons (Fsp3) is 1.00. The van der Waals surface area contributed by atoms with Crippen LogP contribution in [-0.2, 0) is 0 Å². The third kappa shape index (κ3) is 0.736. The van der Waals surface area contributed by atoms with E-state index in [2.05, 4.69) is 33.1 Å². The first kappa shape index (κ1) is 8.55. The van der Waals surface area contributed by atoms with E-state index >= 15 is 0 Å². The number of hydrogen-bond donors (Lipinski definition) is 1. The van der Waals surface area contributed by atoms with Crippen LogP contribution in [0.15, 0.2) is 0 Å². The van der Waals surface area contributed by atoms with E-state index < -0.39 is 0 Å². The molecule has 3 atom stereocenters. The quantitative estimate of drug-likeness (QED) is 0.632. The molecule has 0 aromatic rings. The van der Waals surface area contributed by atoms with Crippen molar-refractivity contribution in [2.24, 2.45) is 17.3 Å². The fourth-order valence-electron chi connectivity index (χ4n) is 3.64. The van der Waals surface area contributed by atoms with Gasteiger partial charge in [-0.3, -0.25) is 0 Å². The smallest absolute Gasteiger partial charge is 0.0232 e. The van der Waals surface area contributed by atoms with Gasteiger partial charge in [0.05, 0.1) is 0 Å². The highest BCUT2D eigenvalue weighted by molar-refractivity contribution is 5.13. The molecule has 0 aromatic heterocycles. The molecular formula is C11H21N. The normalized spacial score (nSPS) is 50.0. The monoisotopic (exact) mass is 167 g/mol.